The first-order valence-electron chi connectivity index (χ1n) is 14.8. The average molecular weight is 675 g/mol. The van der Waals surface area contributed by atoms with Crippen LogP contribution in [0, 0.1) is 0 Å². The van der Waals surface area contributed by atoms with Gasteiger partial charge in [0.15, 0.2) is 5.78 Å². The Balaban J connectivity index is 1.54. The first-order valence-corrected chi connectivity index (χ1v) is 15.6. The summed E-state index contributed by atoms with van der Waals surface area (Å²) < 4.78 is 10.9. The molecular weight excluding hydrogens is 641 g/mol. The van der Waals surface area contributed by atoms with E-state index in [-0.39, 0.29) is 64.3 Å². The number of ether oxygens (including phenoxy) is 2. The number of hydrogen-bond acceptors (Lipinski definition) is 8. The molecule has 1 N–H and O–H groups in total. The lowest BCUT2D eigenvalue weighted by molar-refractivity contribution is -0.118. The molecule has 47 heavy (non-hydrogen) atoms. The molecule has 3 aromatic carbocycles. The highest BCUT2D eigenvalue weighted by Gasteiger charge is 2.37. The van der Waals surface area contributed by atoms with E-state index in [1.807, 2.05) is 55.5 Å². The van der Waals surface area contributed by atoms with Gasteiger partial charge in [0.2, 0.25) is 5.95 Å². The fraction of sp³-hybridized carbons (Fsp3) is 0.229. The summed E-state index contributed by atoms with van der Waals surface area (Å²) in [6.45, 7) is 5.55. The minimum atomic E-state index is -0.437. The van der Waals surface area contributed by atoms with Crippen molar-refractivity contribution in [2.24, 2.45) is 0 Å². The molecule has 0 saturated carbocycles. The Morgan fingerprint density at radius 2 is 1.66 bits per heavy atom. The third-order valence-electron chi connectivity index (χ3n) is 7.65. The molecule has 5 rings (SSSR count). The van der Waals surface area contributed by atoms with Crippen molar-refractivity contribution in [3.05, 3.63) is 106 Å². The number of ketones is 2. The number of urea groups is 1. The third kappa shape index (κ3) is 7.40. The van der Waals surface area contributed by atoms with Crippen molar-refractivity contribution in [3.63, 3.8) is 0 Å². The van der Waals surface area contributed by atoms with Gasteiger partial charge in [-0.2, -0.15) is 4.98 Å². The van der Waals surface area contributed by atoms with Gasteiger partial charge in [-0.25, -0.2) is 9.78 Å². The smallest absolute Gasteiger partial charge is 0.330 e. The molecule has 0 fully saturated rings. The molecule has 0 spiro atoms. The standard InChI is InChI=1S/C35H33Cl2N5O5/c1-5-26(43)15-21-10-12-25(13-11-21)39-34-38-18-24-20-41(32-30(36)28(46-3)17-29(47-4)31(32)37)35(45)42(33(24)40-34)19-23-9-7-8-22(14-23)16-27(44)6-2/h5,7-14,17-18H,1,6,15-16,19-20H2,2-4H3,(H,38,39,40). The number of nitrogens with zero attached hydrogens (tertiary/aromatic N) is 4. The zero-order chi connectivity index (χ0) is 33.7. The lowest BCUT2D eigenvalue weighted by Crippen LogP contribution is -2.48. The number of amides is 2. The first-order chi connectivity index (χ1) is 22.6. The molecule has 1 aromatic heterocycles. The van der Waals surface area contributed by atoms with Crippen molar-refractivity contribution in [3.8, 4) is 11.5 Å². The van der Waals surface area contributed by atoms with Gasteiger partial charge >= 0.3 is 6.03 Å². The predicted molar refractivity (Wildman–Crippen MR) is 183 cm³/mol. The summed E-state index contributed by atoms with van der Waals surface area (Å²) in [5.41, 5.74) is 4.06. The van der Waals surface area contributed by atoms with Crippen molar-refractivity contribution in [1.82, 2.24) is 9.97 Å². The van der Waals surface area contributed by atoms with Gasteiger partial charge in [-0.3, -0.25) is 19.4 Å². The van der Waals surface area contributed by atoms with E-state index in [9.17, 15) is 14.4 Å². The molecule has 0 radical (unpaired) electrons. The van der Waals surface area contributed by atoms with Crippen LogP contribution in [-0.2, 0) is 35.5 Å². The van der Waals surface area contributed by atoms with E-state index in [2.05, 4.69) is 16.9 Å². The Kier molecular flexibility index (Phi) is 10.4. The highest BCUT2D eigenvalue weighted by atomic mass is 35.5. The molecule has 4 aromatic rings. The molecule has 1 aliphatic heterocycles. The number of carbonyl (C=O) groups excluding carboxylic acids is 3. The van der Waals surface area contributed by atoms with E-state index in [1.54, 1.807) is 12.3 Å². The largest absolute Gasteiger partial charge is 0.495 e. The maximum absolute atomic E-state index is 14.4. The fourth-order valence-electron chi connectivity index (χ4n) is 5.19. The minimum absolute atomic E-state index is 0.0672. The topological polar surface area (TPSA) is 114 Å². The van der Waals surface area contributed by atoms with E-state index in [0.29, 0.717) is 29.9 Å². The Labute approximate surface area is 282 Å². The normalized spacial score (nSPS) is 12.4. The van der Waals surface area contributed by atoms with Gasteiger partial charge in [-0.05, 0) is 34.9 Å². The Bertz CT molecular complexity index is 1820. The van der Waals surface area contributed by atoms with Gasteiger partial charge in [0, 0.05) is 42.8 Å². The second-order valence-corrected chi connectivity index (χ2v) is 11.6. The molecule has 0 aliphatic carbocycles. The zero-order valence-corrected chi connectivity index (χ0v) is 27.7. The number of aromatic nitrogens is 2. The highest BCUT2D eigenvalue weighted by molar-refractivity contribution is 6.42. The maximum atomic E-state index is 14.4. The second kappa shape index (κ2) is 14.7. The third-order valence-corrected chi connectivity index (χ3v) is 8.38. The molecule has 0 atom stereocenters. The lowest BCUT2D eigenvalue weighted by atomic mass is 10.0. The summed E-state index contributed by atoms with van der Waals surface area (Å²) in [4.78, 5) is 50.6. The number of hydrogen-bond donors (Lipinski definition) is 1. The number of anilines is 4. The van der Waals surface area contributed by atoms with Gasteiger partial charge in [0.05, 0.1) is 33.0 Å². The number of rotatable bonds is 13. The number of halogens is 2. The molecule has 0 saturated heterocycles. The number of allylic oxidation sites excluding steroid dienone is 1. The van der Waals surface area contributed by atoms with Crippen LogP contribution < -0.4 is 24.6 Å². The maximum Gasteiger partial charge on any atom is 0.330 e. The van der Waals surface area contributed by atoms with Crippen molar-refractivity contribution in [2.75, 3.05) is 29.3 Å². The minimum Gasteiger partial charge on any atom is -0.495 e. The van der Waals surface area contributed by atoms with E-state index >= 15 is 0 Å². The van der Waals surface area contributed by atoms with Gasteiger partial charge < -0.3 is 14.8 Å². The SMILES string of the molecule is C=CC(=O)Cc1ccc(Nc2ncc3c(n2)N(Cc2cccc(CC(=O)CC)c2)C(=O)N(c2c(Cl)c(OC)cc(OC)c2Cl)C3)cc1. The van der Waals surface area contributed by atoms with Gasteiger partial charge in [0.1, 0.15) is 33.1 Å². The van der Waals surface area contributed by atoms with Crippen LogP contribution >= 0.6 is 23.2 Å². The Hall–Kier alpha value is -4.93. The Morgan fingerprint density at radius 1 is 0.979 bits per heavy atom. The van der Waals surface area contributed by atoms with Crippen LogP contribution in [0.2, 0.25) is 10.0 Å². The van der Waals surface area contributed by atoms with Gasteiger partial charge in [0.25, 0.3) is 0 Å². The first kappa shape index (κ1) is 33.4. The predicted octanol–water partition coefficient (Wildman–Crippen LogP) is 7.51. The molecule has 12 heteroatoms. The molecule has 2 heterocycles. The molecule has 242 valence electrons. The van der Waals surface area contributed by atoms with E-state index in [4.69, 9.17) is 37.7 Å². The summed E-state index contributed by atoms with van der Waals surface area (Å²) in [6.07, 6.45) is 3.93. The number of nitrogens with one attached hydrogen (secondary N) is 1. The van der Waals surface area contributed by atoms with Crippen molar-refractivity contribution in [1.29, 1.82) is 0 Å². The highest BCUT2D eigenvalue weighted by Crippen LogP contribution is 2.48. The van der Waals surface area contributed by atoms with Crippen LogP contribution in [0.4, 0.5) is 27.9 Å². The lowest BCUT2D eigenvalue weighted by Gasteiger charge is -2.37. The van der Waals surface area contributed by atoms with Crippen molar-refractivity contribution < 1.29 is 23.9 Å². The van der Waals surface area contributed by atoms with Crippen LogP contribution in [0.5, 0.6) is 11.5 Å². The van der Waals surface area contributed by atoms with Crippen LogP contribution in [-0.4, -0.2) is 41.8 Å². The molecule has 10 nitrogen and oxygen atoms in total. The average Bonchev–Trinajstić information content (AvgIpc) is 3.07. The fourth-order valence-corrected chi connectivity index (χ4v) is 5.89. The Morgan fingerprint density at radius 3 is 2.30 bits per heavy atom. The number of benzene rings is 3. The van der Waals surface area contributed by atoms with Crippen LogP contribution in [0.1, 0.15) is 35.6 Å². The van der Waals surface area contributed by atoms with Crippen LogP contribution in [0.15, 0.2) is 73.4 Å². The number of methoxy groups -OCH3 is 2. The zero-order valence-electron chi connectivity index (χ0n) is 26.2. The van der Waals surface area contributed by atoms with Crippen LogP contribution in [0.25, 0.3) is 0 Å². The van der Waals surface area contributed by atoms with E-state index in [0.717, 1.165) is 16.7 Å². The summed E-state index contributed by atoms with van der Waals surface area (Å²) >= 11 is 13.5. The second-order valence-electron chi connectivity index (χ2n) is 10.8. The van der Waals surface area contributed by atoms with E-state index in [1.165, 1.54) is 30.1 Å². The summed E-state index contributed by atoms with van der Waals surface area (Å²) in [5.74, 6) is 1.29. The number of fused-ring (bicyclic) bond motifs is 1. The van der Waals surface area contributed by atoms with Crippen LogP contribution in [0.3, 0.4) is 0 Å². The molecule has 1 aliphatic rings. The summed E-state index contributed by atoms with van der Waals surface area (Å²) in [7, 11) is 2.93. The number of Topliss-reactive ketones (excluding diaryl/α,β-unsaturated/α-hetero) is 1. The summed E-state index contributed by atoms with van der Waals surface area (Å²) in [6, 6.07) is 16.0. The molecule has 0 unspecified atom stereocenters. The molecule has 2 amide bonds. The quantitative estimate of drug-likeness (QED) is 0.145. The van der Waals surface area contributed by atoms with E-state index < -0.39 is 6.03 Å². The van der Waals surface area contributed by atoms with Crippen molar-refractivity contribution in [2.45, 2.75) is 39.3 Å². The van der Waals surface area contributed by atoms with Gasteiger partial charge in [-0.15, -0.1) is 0 Å². The molecular formula is C35H33Cl2N5O5. The molecule has 0 bridgehead atoms. The summed E-state index contributed by atoms with van der Waals surface area (Å²) in [5, 5.41) is 3.48. The van der Waals surface area contributed by atoms with Crippen molar-refractivity contribution >= 4 is 63.9 Å². The monoisotopic (exact) mass is 673 g/mol. The number of carbonyl (C=O) groups is 3. The van der Waals surface area contributed by atoms with Gasteiger partial charge in [-0.1, -0.05) is 73.1 Å².